The molecule has 0 unspecified atom stereocenters. The van der Waals surface area contributed by atoms with E-state index in [0.29, 0.717) is 35.3 Å². The van der Waals surface area contributed by atoms with Crippen molar-refractivity contribution < 1.29 is 9.53 Å². The molecular weight excluding hydrogens is 406 g/mol. The van der Waals surface area contributed by atoms with Crippen molar-refractivity contribution in [1.29, 1.82) is 0 Å². The van der Waals surface area contributed by atoms with Crippen LogP contribution in [0.15, 0.2) is 65.5 Å². The molecule has 2 N–H and O–H groups in total. The van der Waals surface area contributed by atoms with Crippen LogP contribution < -0.4 is 15.6 Å². The molecule has 0 atom stereocenters. The topological polar surface area (TPSA) is 101 Å². The molecule has 8 heteroatoms. The van der Waals surface area contributed by atoms with Gasteiger partial charge in [-0.3, -0.25) is 14.7 Å². The first-order chi connectivity index (χ1) is 15.7. The molecule has 32 heavy (non-hydrogen) atoms. The predicted octanol–water partition coefficient (Wildman–Crippen LogP) is 3.19. The van der Waals surface area contributed by atoms with E-state index in [1.165, 1.54) is 29.8 Å². The van der Waals surface area contributed by atoms with Gasteiger partial charge in [-0.2, -0.15) is 9.50 Å². The SMILES string of the molecule is O=C(NCC1CCC1)c1ccccc1OCc1cc(=O)n2[nH]c(-c3ccccc3)nc2n1. The Kier molecular flexibility index (Phi) is 5.41. The molecule has 1 amide bonds. The normalized spacial score (nSPS) is 13.6. The third kappa shape index (κ3) is 4.12. The highest BCUT2D eigenvalue weighted by Gasteiger charge is 2.19. The molecule has 2 aromatic heterocycles. The number of benzene rings is 2. The van der Waals surface area contributed by atoms with Crippen LogP contribution >= 0.6 is 0 Å². The number of aromatic nitrogens is 4. The second-order valence-corrected chi connectivity index (χ2v) is 7.95. The maximum Gasteiger partial charge on any atom is 0.274 e. The maximum absolute atomic E-state index is 12.6. The minimum absolute atomic E-state index is 0.0478. The standard InChI is InChI=1S/C24H23N5O3/c30-21-13-18(26-24-27-22(28-29(21)24)17-9-2-1-3-10-17)15-32-20-12-5-4-11-19(20)23(31)25-14-16-7-6-8-16/h1-5,9-13,16H,6-8,14-15H2,(H,25,31)(H,26,27,28). The van der Waals surface area contributed by atoms with Gasteiger partial charge in [-0.25, -0.2) is 4.98 Å². The fraction of sp³-hybridized carbons (Fsp3) is 0.250. The molecule has 1 aliphatic carbocycles. The lowest BCUT2D eigenvalue weighted by Gasteiger charge is -2.25. The molecule has 1 fully saturated rings. The van der Waals surface area contributed by atoms with Gasteiger partial charge in [0.1, 0.15) is 12.4 Å². The minimum atomic E-state index is -0.283. The molecule has 1 aliphatic rings. The zero-order chi connectivity index (χ0) is 21.9. The highest BCUT2D eigenvalue weighted by molar-refractivity contribution is 5.96. The van der Waals surface area contributed by atoms with E-state index in [9.17, 15) is 9.59 Å². The van der Waals surface area contributed by atoms with E-state index in [-0.39, 0.29) is 23.9 Å². The highest BCUT2D eigenvalue weighted by atomic mass is 16.5. The van der Waals surface area contributed by atoms with E-state index in [1.807, 2.05) is 36.4 Å². The summed E-state index contributed by atoms with van der Waals surface area (Å²) in [4.78, 5) is 34.0. The van der Waals surface area contributed by atoms with Crippen LogP contribution in [0.1, 0.15) is 35.3 Å². The van der Waals surface area contributed by atoms with Gasteiger partial charge in [-0.15, -0.1) is 0 Å². The van der Waals surface area contributed by atoms with Gasteiger partial charge in [0.2, 0.25) is 0 Å². The molecule has 5 rings (SSSR count). The second kappa shape index (κ2) is 8.66. The Morgan fingerprint density at radius 3 is 2.66 bits per heavy atom. The molecule has 0 spiro atoms. The largest absolute Gasteiger partial charge is 0.486 e. The van der Waals surface area contributed by atoms with Crippen molar-refractivity contribution in [3.8, 4) is 17.1 Å². The summed E-state index contributed by atoms with van der Waals surface area (Å²) >= 11 is 0. The zero-order valence-electron chi connectivity index (χ0n) is 17.5. The van der Waals surface area contributed by atoms with E-state index in [2.05, 4.69) is 20.4 Å². The van der Waals surface area contributed by atoms with E-state index >= 15 is 0 Å². The Morgan fingerprint density at radius 1 is 1.09 bits per heavy atom. The van der Waals surface area contributed by atoms with Crippen molar-refractivity contribution in [1.82, 2.24) is 24.9 Å². The van der Waals surface area contributed by atoms with E-state index < -0.39 is 0 Å². The third-order valence-electron chi connectivity index (χ3n) is 5.71. The van der Waals surface area contributed by atoms with Crippen molar-refractivity contribution in [2.24, 2.45) is 5.92 Å². The fourth-order valence-electron chi connectivity index (χ4n) is 3.69. The summed E-state index contributed by atoms with van der Waals surface area (Å²) in [6.07, 6.45) is 3.57. The van der Waals surface area contributed by atoms with Gasteiger partial charge in [0, 0.05) is 18.2 Å². The van der Waals surface area contributed by atoms with E-state index in [1.54, 1.807) is 18.2 Å². The van der Waals surface area contributed by atoms with Gasteiger partial charge in [-0.1, -0.05) is 48.9 Å². The summed E-state index contributed by atoms with van der Waals surface area (Å²) in [6, 6.07) is 18.0. The highest BCUT2D eigenvalue weighted by Crippen LogP contribution is 2.26. The van der Waals surface area contributed by atoms with Crippen LogP contribution in [0.5, 0.6) is 5.75 Å². The van der Waals surface area contributed by atoms with Crippen molar-refractivity contribution >= 4 is 11.7 Å². The van der Waals surface area contributed by atoms with Crippen molar-refractivity contribution in [3.63, 3.8) is 0 Å². The maximum atomic E-state index is 12.6. The zero-order valence-corrected chi connectivity index (χ0v) is 17.5. The number of nitrogens with zero attached hydrogens (tertiary/aromatic N) is 3. The van der Waals surface area contributed by atoms with Crippen LogP contribution in [-0.2, 0) is 6.61 Å². The van der Waals surface area contributed by atoms with Gasteiger partial charge < -0.3 is 10.1 Å². The van der Waals surface area contributed by atoms with Crippen LogP contribution in [0, 0.1) is 5.92 Å². The molecule has 0 bridgehead atoms. The van der Waals surface area contributed by atoms with Crippen molar-refractivity contribution in [2.45, 2.75) is 25.9 Å². The monoisotopic (exact) mass is 429 g/mol. The Hall–Kier alpha value is -3.94. The molecule has 0 radical (unpaired) electrons. The number of aromatic amines is 1. The second-order valence-electron chi connectivity index (χ2n) is 7.95. The molecule has 2 aromatic carbocycles. The summed E-state index contributed by atoms with van der Waals surface area (Å²) < 4.78 is 7.18. The third-order valence-corrected chi connectivity index (χ3v) is 5.71. The molecule has 0 saturated heterocycles. The quantitative estimate of drug-likeness (QED) is 0.470. The first kappa shape index (κ1) is 20.0. The lowest BCUT2D eigenvalue weighted by atomic mass is 9.85. The molecule has 4 aromatic rings. The Morgan fingerprint density at radius 2 is 1.88 bits per heavy atom. The lowest BCUT2D eigenvalue weighted by molar-refractivity contribution is 0.0934. The predicted molar refractivity (Wildman–Crippen MR) is 119 cm³/mol. The number of H-pyrrole nitrogens is 1. The Labute approximate surface area is 184 Å². The first-order valence-corrected chi connectivity index (χ1v) is 10.7. The van der Waals surface area contributed by atoms with Crippen LogP contribution in [0.25, 0.3) is 17.2 Å². The van der Waals surface area contributed by atoms with Gasteiger partial charge in [-0.05, 0) is 30.9 Å². The van der Waals surface area contributed by atoms with Crippen LogP contribution in [-0.4, -0.2) is 32.0 Å². The average molecular weight is 429 g/mol. The number of amides is 1. The average Bonchev–Trinajstić information content (AvgIpc) is 3.22. The molecule has 8 nitrogen and oxygen atoms in total. The number of carbonyl (C=O) groups is 1. The first-order valence-electron chi connectivity index (χ1n) is 10.7. The number of para-hydroxylation sites is 1. The van der Waals surface area contributed by atoms with Crippen LogP contribution in [0.4, 0.5) is 0 Å². The minimum Gasteiger partial charge on any atom is -0.486 e. The summed E-state index contributed by atoms with van der Waals surface area (Å²) in [5.74, 6) is 1.69. The lowest BCUT2D eigenvalue weighted by Crippen LogP contribution is -2.32. The van der Waals surface area contributed by atoms with Crippen LogP contribution in [0.3, 0.4) is 0 Å². The molecular formula is C24H23N5O3. The van der Waals surface area contributed by atoms with Crippen molar-refractivity contribution in [3.05, 3.63) is 82.3 Å². The van der Waals surface area contributed by atoms with Gasteiger partial charge in [0.05, 0.1) is 11.3 Å². The summed E-state index contributed by atoms with van der Waals surface area (Å²) in [5.41, 5.74) is 1.48. The van der Waals surface area contributed by atoms with E-state index in [0.717, 1.165) is 5.56 Å². The summed E-state index contributed by atoms with van der Waals surface area (Å²) in [5, 5.41) is 5.96. The number of carbonyl (C=O) groups excluding carboxylic acids is 1. The number of hydrogen-bond donors (Lipinski definition) is 2. The summed E-state index contributed by atoms with van der Waals surface area (Å²) in [7, 11) is 0. The molecule has 1 saturated carbocycles. The number of rotatable bonds is 7. The molecule has 2 heterocycles. The van der Waals surface area contributed by atoms with Crippen molar-refractivity contribution in [2.75, 3.05) is 6.54 Å². The number of fused-ring (bicyclic) bond motifs is 1. The number of nitrogens with one attached hydrogen (secondary N) is 2. The van der Waals surface area contributed by atoms with E-state index in [4.69, 9.17) is 4.74 Å². The summed E-state index contributed by atoms with van der Waals surface area (Å²) in [6.45, 7) is 0.733. The van der Waals surface area contributed by atoms with Gasteiger partial charge in [0.15, 0.2) is 5.82 Å². The van der Waals surface area contributed by atoms with Gasteiger partial charge >= 0.3 is 0 Å². The van der Waals surface area contributed by atoms with Crippen LogP contribution in [0.2, 0.25) is 0 Å². The number of ether oxygens (including phenoxy) is 1. The molecule has 0 aliphatic heterocycles. The smallest absolute Gasteiger partial charge is 0.274 e. The fourth-order valence-corrected chi connectivity index (χ4v) is 3.69. The number of hydrogen-bond acceptors (Lipinski definition) is 5. The Bertz CT molecular complexity index is 1310. The van der Waals surface area contributed by atoms with Gasteiger partial charge in [0.25, 0.3) is 17.2 Å². The molecule has 162 valence electrons. The Balaban J connectivity index is 1.33.